The number of hydrogen-bond donors (Lipinski definition) is 2. The van der Waals surface area contributed by atoms with E-state index >= 15 is 0 Å². The standard InChI is InChI=1S/C14H17NO3S/c1-8-4-12(19-10(8)3)7-15-6-11-5-13(14(16)17)18-9(11)2/h4-5,15H,6-7H2,1-3H3,(H,16,17). The Labute approximate surface area is 116 Å². The third-order valence-electron chi connectivity index (χ3n) is 3.06. The zero-order valence-corrected chi connectivity index (χ0v) is 12.1. The van der Waals surface area contributed by atoms with Crippen molar-refractivity contribution < 1.29 is 14.3 Å². The lowest BCUT2D eigenvalue weighted by molar-refractivity contribution is 0.0661. The number of thiophene rings is 1. The van der Waals surface area contributed by atoms with Gasteiger partial charge in [-0.2, -0.15) is 0 Å². The number of carboxylic acids is 1. The summed E-state index contributed by atoms with van der Waals surface area (Å²) in [7, 11) is 0. The fraction of sp³-hybridized carbons (Fsp3) is 0.357. The molecule has 0 spiro atoms. The zero-order chi connectivity index (χ0) is 14.0. The molecule has 2 aromatic rings. The van der Waals surface area contributed by atoms with Crippen molar-refractivity contribution in [3.05, 3.63) is 44.5 Å². The van der Waals surface area contributed by atoms with Crippen LogP contribution in [0.4, 0.5) is 0 Å². The summed E-state index contributed by atoms with van der Waals surface area (Å²) in [5.41, 5.74) is 2.21. The Morgan fingerprint density at radius 1 is 1.32 bits per heavy atom. The molecule has 0 aliphatic rings. The van der Waals surface area contributed by atoms with E-state index in [4.69, 9.17) is 9.52 Å². The summed E-state index contributed by atoms with van der Waals surface area (Å²) < 4.78 is 5.17. The summed E-state index contributed by atoms with van der Waals surface area (Å²) >= 11 is 1.78. The van der Waals surface area contributed by atoms with Crippen LogP contribution in [0.1, 0.15) is 37.2 Å². The Hall–Kier alpha value is -1.59. The highest BCUT2D eigenvalue weighted by Gasteiger charge is 2.12. The number of carboxylic acid groups (broad SMARTS) is 1. The highest BCUT2D eigenvalue weighted by atomic mass is 32.1. The van der Waals surface area contributed by atoms with Gasteiger partial charge in [0.25, 0.3) is 0 Å². The van der Waals surface area contributed by atoms with Crippen LogP contribution in [0.15, 0.2) is 16.5 Å². The number of carbonyl (C=O) groups is 1. The van der Waals surface area contributed by atoms with Gasteiger partial charge >= 0.3 is 5.97 Å². The van der Waals surface area contributed by atoms with E-state index in [2.05, 4.69) is 25.2 Å². The van der Waals surface area contributed by atoms with Crippen LogP contribution in [-0.2, 0) is 13.1 Å². The summed E-state index contributed by atoms with van der Waals surface area (Å²) in [5, 5.41) is 12.2. The second-order valence-electron chi connectivity index (χ2n) is 4.55. The summed E-state index contributed by atoms with van der Waals surface area (Å²) in [4.78, 5) is 13.4. The van der Waals surface area contributed by atoms with Gasteiger partial charge in [0.05, 0.1) is 0 Å². The van der Waals surface area contributed by atoms with Crippen molar-refractivity contribution in [2.24, 2.45) is 0 Å². The lowest BCUT2D eigenvalue weighted by Crippen LogP contribution is -2.11. The smallest absolute Gasteiger partial charge is 0.371 e. The molecule has 0 atom stereocenters. The molecule has 0 saturated carbocycles. The Kier molecular flexibility index (Phi) is 4.07. The SMILES string of the molecule is Cc1cc(CNCc2cc(C(=O)O)oc2C)sc1C. The van der Waals surface area contributed by atoms with Gasteiger partial charge in [-0.25, -0.2) is 4.79 Å². The second kappa shape index (κ2) is 5.59. The molecule has 2 rings (SSSR count). The number of aromatic carboxylic acids is 1. The van der Waals surface area contributed by atoms with E-state index in [0.717, 1.165) is 12.1 Å². The van der Waals surface area contributed by atoms with Gasteiger partial charge in [-0.05, 0) is 38.5 Å². The minimum atomic E-state index is -1.03. The van der Waals surface area contributed by atoms with E-state index in [1.165, 1.54) is 15.3 Å². The lowest BCUT2D eigenvalue weighted by atomic mass is 10.2. The highest BCUT2D eigenvalue weighted by molar-refractivity contribution is 7.12. The molecule has 0 amide bonds. The van der Waals surface area contributed by atoms with Gasteiger partial charge in [0.15, 0.2) is 0 Å². The van der Waals surface area contributed by atoms with Crippen LogP contribution >= 0.6 is 11.3 Å². The fourth-order valence-corrected chi connectivity index (χ4v) is 2.88. The van der Waals surface area contributed by atoms with E-state index in [1.807, 2.05) is 0 Å². The van der Waals surface area contributed by atoms with Crippen LogP contribution in [0, 0.1) is 20.8 Å². The molecule has 102 valence electrons. The van der Waals surface area contributed by atoms with Gasteiger partial charge in [0.2, 0.25) is 5.76 Å². The van der Waals surface area contributed by atoms with Gasteiger partial charge in [0.1, 0.15) is 5.76 Å². The Morgan fingerprint density at radius 2 is 2.05 bits per heavy atom. The summed E-state index contributed by atoms with van der Waals surface area (Å²) in [6.45, 7) is 7.39. The van der Waals surface area contributed by atoms with Gasteiger partial charge < -0.3 is 14.8 Å². The van der Waals surface area contributed by atoms with E-state index in [-0.39, 0.29) is 5.76 Å². The first-order valence-electron chi connectivity index (χ1n) is 6.06. The molecule has 0 aliphatic heterocycles. The maximum Gasteiger partial charge on any atom is 0.371 e. The van der Waals surface area contributed by atoms with Crippen LogP contribution in [0.5, 0.6) is 0 Å². The van der Waals surface area contributed by atoms with Crippen LogP contribution < -0.4 is 5.32 Å². The van der Waals surface area contributed by atoms with Gasteiger partial charge in [-0.15, -0.1) is 11.3 Å². The van der Waals surface area contributed by atoms with Gasteiger partial charge in [0, 0.05) is 28.4 Å². The fourth-order valence-electron chi connectivity index (χ4n) is 1.86. The van der Waals surface area contributed by atoms with Crippen LogP contribution in [0.25, 0.3) is 0 Å². The Balaban J connectivity index is 1.94. The molecule has 0 fully saturated rings. The molecule has 0 saturated heterocycles. The van der Waals surface area contributed by atoms with Crippen molar-refractivity contribution in [1.82, 2.24) is 5.32 Å². The first kappa shape index (κ1) is 13.8. The summed E-state index contributed by atoms with van der Waals surface area (Å²) in [5.74, 6) is -0.376. The van der Waals surface area contributed by atoms with Crippen molar-refractivity contribution >= 4 is 17.3 Å². The molecule has 2 aromatic heterocycles. The second-order valence-corrected chi connectivity index (χ2v) is 5.89. The van der Waals surface area contributed by atoms with Gasteiger partial charge in [-0.3, -0.25) is 0 Å². The Morgan fingerprint density at radius 3 is 2.58 bits per heavy atom. The van der Waals surface area contributed by atoms with E-state index in [0.29, 0.717) is 12.3 Å². The zero-order valence-electron chi connectivity index (χ0n) is 11.2. The normalized spacial score (nSPS) is 10.9. The highest BCUT2D eigenvalue weighted by Crippen LogP contribution is 2.20. The predicted octanol–water partition coefficient (Wildman–Crippen LogP) is 3.25. The molecule has 0 radical (unpaired) electrons. The molecule has 2 heterocycles. The minimum Gasteiger partial charge on any atom is -0.475 e. The molecular formula is C14H17NO3S. The van der Waals surface area contributed by atoms with Gasteiger partial charge in [-0.1, -0.05) is 0 Å². The number of furan rings is 1. The summed E-state index contributed by atoms with van der Waals surface area (Å²) in [6, 6.07) is 3.76. The number of rotatable bonds is 5. The lowest BCUT2D eigenvalue weighted by Gasteiger charge is -2.01. The minimum absolute atomic E-state index is 0.00267. The Bertz CT molecular complexity index is 578. The molecule has 5 heteroatoms. The predicted molar refractivity (Wildman–Crippen MR) is 74.7 cm³/mol. The van der Waals surface area contributed by atoms with Crippen molar-refractivity contribution in [3.63, 3.8) is 0 Å². The first-order valence-corrected chi connectivity index (χ1v) is 6.88. The van der Waals surface area contributed by atoms with E-state index in [1.54, 1.807) is 24.3 Å². The van der Waals surface area contributed by atoms with Crippen LogP contribution in [0.3, 0.4) is 0 Å². The quantitative estimate of drug-likeness (QED) is 0.882. The maximum absolute atomic E-state index is 10.8. The molecule has 0 aliphatic carbocycles. The van der Waals surface area contributed by atoms with E-state index in [9.17, 15) is 4.79 Å². The van der Waals surface area contributed by atoms with E-state index < -0.39 is 5.97 Å². The molecule has 19 heavy (non-hydrogen) atoms. The third-order valence-corrected chi connectivity index (χ3v) is 4.22. The van der Waals surface area contributed by atoms with Crippen molar-refractivity contribution in [2.45, 2.75) is 33.9 Å². The molecular weight excluding hydrogens is 262 g/mol. The molecule has 0 bridgehead atoms. The molecule has 2 N–H and O–H groups in total. The van der Waals surface area contributed by atoms with Crippen LogP contribution in [0.2, 0.25) is 0 Å². The largest absolute Gasteiger partial charge is 0.475 e. The average molecular weight is 279 g/mol. The van der Waals surface area contributed by atoms with Crippen molar-refractivity contribution in [3.8, 4) is 0 Å². The van der Waals surface area contributed by atoms with Crippen molar-refractivity contribution in [1.29, 1.82) is 0 Å². The molecule has 0 unspecified atom stereocenters. The number of nitrogens with one attached hydrogen (secondary N) is 1. The van der Waals surface area contributed by atoms with Crippen LogP contribution in [-0.4, -0.2) is 11.1 Å². The monoisotopic (exact) mass is 279 g/mol. The number of hydrogen-bond acceptors (Lipinski definition) is 4. The first-order chi connectivity index (χ1) is 8.97. The topological polar surface area (TPSA) is 62.5 Å². The molecule has 0 aromatic carbocycles. The van der Waals surface area contributed by atoms with Crippen molar-refractivity contribution in [2.75, 3.05) is 0 Å². The maximum atomic E-state index is 10.8. The summed E-state index contributed by atoms with van der Waals surface area (Å²) in [6.07, 6.45) is 0. The third kappa shape index (κ3) is 3.24. The average Bonchev–Trinajstić information content (AvgIpc) is 2.84. The molecule has 4 nitrogen and oxygen atoms in total. The number of aryl methyl sites for hydroxylation is 3.